The van der Waals surface area contributed by atoms with Crippen molar-refractivity contribution >= 4 is 21.4 Å². The van der Waals surface area contributed by atoms with Crippen LogP contribution in [0.5, 0.6) is 0 Å². The number of nitro groups is 1. The lowest BCUT2D eigenvalue weighted by Gasteiger charge is -2.24. The van der Waals surface area contributed by atoms with Crippen molar-refractivity contribution in [2.45, 2.75) is 11.4 Å². The number of anilines is 1. The number of hydrogen-bond donors (Lipinski definition) is 0. The highest BCUT2D eigenvalue weighted by Crippen LogP contribution is 2.26. The molecule has 0 unspecified atom stereocenters. The number of halogens is 1. The van der Waals surface area contributed by atoms with Crippen LogP contribution in [-0.4, -0.2) is 13.3 Å². The Kier molecular flexibility index (Phi) is 5.18. The molecule has 0 amide bonds. The summed E-state index contributed by atoms with van der Waals surface area (Å²) in [5.74, 6) is -0.532. The van der Waals surface area contributed by atoms with Gasteiger partial charge in [-0.05, 0) is 42.0 Å². The number of rotatable bonds is 6. The zero-order valence-corrected chi connectivity index (χ0v) is 14.8. The molecule has 3 aromatic rings. The van der Waals surface area contributed by atoms with E-state index in [-0.39, 0.29) is 17.1 Å². The molecule has 0 aliphatic rings. The predicted molar refractivity (Wildman–Crippen MR) is 99.3 cm³/mol. The van der Waals surface area contributed by atoms with Crippen LogP contribution in [0, 0.1) is 15.9 Å². The van der Waals surface area contributed by atoms with Crippen LogP contribution in [0.4, 0.5) is 15.8 Å². The van der Waals surface area contributed by atoms with Gasteiger partial charge in [0.1, 0.15) is 5.82 Å². The smallest absolute Gasteiger partial charge is 0.262 e. The maximum atomic E-state index is 13.2. The van der Waals surface area contributed by atoms with E-state index in [1.807, 2.05) is 0 Å². The van der Waals surface area contributed by atoms with Gasteiger partial charge >= 0.3 is 0 Å². The van der Waals surface area contributed by atoms with Crippen molar-refractivity contribution in [3.63, 3.8) is 0 Å². The molecule has 0 N–H and O–H groups in total. The van der Waals surface area contributed by atoms with Crippen LogP contribution in [0.25, 0.3) is 0 Å². The molecule has 0 fully saturated rings. The summed E-state index contributed by atoms with van der Waals surface area (Å²) >= 11 is 0. The fraction of sp³-hybridized carbons (Fsp3) is 0.0526. The first-order valence-corrected chi connectivity index (χ1v) is 9.38. The van der Waals surface area contributed by atoms with Crippen molar-refractivity contribution in [3.8, 4) is 0 Å². The first-order valence-electron chi connectivity index (χ1n) is 7.94. The molecule has 0 atom stereocenters. The van der Waals surface area contributed by atoms with Gasteiger partial charge in [0.05, 0.1) is 22.1 Å². The molecule has 0 heterocycles. The standard InChI is InChI=1S/C19H15FN2O4S/c20-16-8-12-19(13-9-16)27(25,26)21(17-4-2-1-3-5-17)14-15-6-10-18(11-7-15)22(23)24/h1-13H,14H2. The van der Waals surface area contributed by atoms with Gasteiger partial charge in [0.25, 0.3) is 15.7 Å². The quantitative estimate of drug-likeness (QED) is 0.471. The highest BCUT2D eigenvalue weighted by Gasteiger charge is 2.25. The summed E-state index contributed by atoms with van der Waals surface area (Å²) in [6, 6.07) is 18.7. The minimum Gasteiger partial charge on any atom is -0.262 e. The van der Waals surface area contributed by atoms with E-state index in [2.05, 4.69) is 0 Å². The number of sulfonamides is 1. The second-order valence-electron chi connectivity index (χ2n) is 5.72. The molecule has 0 aromatic heterocycles. The zero-order valence-electron chi connectivity index (χ0n) is 14.0. The first-order chi connectivity index (χ1) is 12.9. The second kappa shape index (κ2) is 7.55. The van der Waals surface area contributed by atoms with E-state index in [1.165, 1.54) is 40.7 Å². The minimum absolute atomic E-state index is 0.0261. The molecule has 8 heteroatoms. The third-order valence-corrected chi connectivity index (χ3v) is 5.71. The summed E-state index contributed by atoms with van der Waals surface area (Å²) < 4.78 is 40.6. The lowest BCUT2D eigenvalue weighted by Crippen LogP contribution is -2.30. The van der Waals surface area contributed by atoms with Crippen molar-refractivity contribution in [2.24, 2.45) is 0 Å². The van der Waals surface area contributed by atoms with E-state index in [0.29, 0.717) is 11.3 Å². The molecule has 138 valence electrons. The molecule has 0 spiro atoms. The van der Waals surface area contributed by atoms with Crippen LogP contribution in [0.15, 0.2) is 83.8 Å². The average molecular weight is 386 g/mol. The molecule has 27 heavy (non-hydrogen) atoms. The third kappa shape index (κ3) is 4.12. The number of hydrogen-bond acceptors (Lipinski definition) is 4. The van der Waals surface area contributed by atoms with Crippen molar-refractivity contribution in [3.05, 3.63) is 100 Å². The Hall–Kier alpha value is -3.26. The molecule has 3 rings (SSSR count). The highest BCUT2D eigenvalue weighted by molar-refractivity contribution is 7.92. The molecule has 0 radical (unpaired) electrons. The maximum absolute atomic E-state index is 13.2. The normalized spacial score (nSPS) is 11.1. The Bertz CT molecular complexity index is 1040. The van der Waals surface area contributed by atoms with E-state index < -0.39 is 20.8 Å². The SMILES string of the molecule is O=[N+]([O-])c1ccc(CN(c2ccccc2)S(=O)(=O)c2ccc(F)cc2)cc1. The average Bonchev–Trinajstić information content (AvgIpc) is 2.67. The summed E-state index contributed by atoms with van der Waals surface area (Å²) in [6.07, 6.45) is 0. The number of para-hydroxylation sites is 1. The van der Waals surface area contributed by atoms with Crippen LogP contribution in [0.3, 0.4) is 0 Å². The van der Waals surface area contributed by atoms with Gasteiger partial charge in [0.2, 0.25) is 0 Å². The van der Waals surface area contributed by atoms with Crippen LogP contribution in [0.2, 0.25) is 0 Å². The zero-order chi connectivity index (χ0) is 19.4. The Morgan fingerprint density at radius 1 is 0.889 bits per heavy atom. The molecule has 0 aliphatic heterocycles. The van der Waals surface area contributed by atoms with Crippen LogP contribution in [0.1, 0.15) is 5.56 Å². The second-order valence-corrected chi connectivity index (χ2v) is 7.59. The van der Waals surface area contributed by atoms with Gasteiger partial charge in [-0.15, -0.1) is 0 Å². The summed E-state index contributed by atoms with van der Waals surface area (Å²) in [5.41, 5.74) is 0.932. The number of nitrogens with zero attached hydrogens (tertiary/aromatic N) is 2. The maximum Gasteiger partial charge on any atom is 0.269 e. The fourth-order valence-electron chi connectivity index (χ4n) is 2.53. The van der Waals surface area contributed by atoms with E-state index in [4.69, 9.17) is 0 Å². The Morgan fingerprint density at radius 3 is 2.04 bits per heavy atom. The van der Waals surface area contributed by atoms with Gasteiger partial charge < -0.3 is 0 Å². The summed E-state index contributed by atoms with van der Waals surface area (Å²) in [4.78, 5) is 10.2. The number of non-ortho nitro benzene ring substituents is 1. The fourth-order valence-corrected chi connectivity index (χ4v) is 3.98. The molecule has 6 nitrogen and oxygen atoms in total. The Balaban J connectivity index is 2.01. The van der Waals surface area contributed by atoms with Gasteiger partial charge in [0.15, 0.2) is 0 Å². The molecule has 0 bridgehead atoms. The molecule has 3 aromatic carbocycles. The Morgan fingerprint density at radius 2 is 1.48 bits per heavy atom. The number of nitro benzene ring substituents is 1. The Labute approximate surface area is 155 Å². The number of benzene rings is 3. The lowest BCUT2D eigenvalue weighted by atomic mass is 10.2. The van der Waals surface area contributed by atoms with Gasteiger partial charge in [-0.25, -0.2) is 12.8 Å². The van der Waals surface area contributed by atoms with Gasteiger partial charge in [-0.1, -0.05) is 30.3 Å². The van der Waals surface area contributed by atoms with Crippen LogP contribution < -0.4 is 4.31 Å². The highest BCUT2D eigenvalue weighted by atomic mass is 32.2. The van der Waals surface area contributed by atoms with Gasteiger partial charge in [-0.2, -0.15) is 0 Å². The minimum atomic E-state index is -3.96. The summed E-state index contributed by atoms with van der Waals surface area (Å²) in [5, 5.41) is 10.8. The van der Waals surface area contributed by atoms with Crippen molar-refractivity contribution < 1.29 is 17.7 Å². The van der Waals surface area contributed by atoms with E-state index in [1.54, 1.807) is 30.3 Å². The lowest BCUT2D eigenvalue weighted by molar-refractivity contribution is -0.384. The van der Waals surface area contributed by atoms with Crippen LogP contribution in [-0.2, 0) is 16.6 Å². The predicted octanol–water partition coefficient (Wildman–Crippen LogP) is 4.13. The summed E-state index contributed by atoms with van der Waals surface area (Å²) in [7, 11) is -3.96. The van der Waals surface area contributed by atoms with Gasteiger partial charge in [0, 0.05) is 12.1 Å². The van der Waals surface area contributed by atoms with Crippen molar-refractivity contribution in [1.29, 1.82) is 0 Å². The molecular weight excluding hydrogens is 371 g/mol. The summed E-state index contributed by atoms with van der Waals surface area (Å²) in [6.45, 7) is -0.0261. The molecule has 0 aliphatic carbocycles. The molecule has 0 saturated heterocycles. The van der Waals surface area contributed by atoms with Gasteiger partial charge in [-0.3, -0.25) is 14.4 Å². The van der Waals surface area contributed by atoms with E-state index >= 15 is 0 Å². The van der Waals surface area contributed by atoms with Crippen LogP contribution >= 0.6 is 0 Å². The van der Waals surface area contributed by atoms with E-state index in [0.717, 1.165) is 12.1 Å². The van der Waals surface area contributed by atoms with Crippen molar-refractivity contribution in [1.82, 2.24) is 0 Å². The molecular formula is C19H15FN2O4S. The first kappa shape index (κ1) is 18.5. The largest absolute Gasteiger partial charge is 0.269 e. The van der Waals surface area contributed by atoms with Crippen molar-refractivity contribution in [2.75, 3.05) is 4.31 Å². The monoisotopic (exact) mass is 386 g/mol. The molecule has 0 saturated carbocycles. The third-order valence-electron chi connectivity index (χ3n) is 3.92. The van der Waals surface area contributed by atoms with E-state index in [9.17, 15) is 22.9 Å². The topological polar surface area (TPSA) is 80.5 Å².